The Morgan fingerprint density at radius 1 is 1.06 bits per heavy atom. The number of nitrogens with zero attached hydrogens (tertiary/aromatic N) is 1. The zero-order valence-corrected chi connectivity index (χ0v) is 23.9. The van der Waals surface area contributed by atoms with Crippen molar-refractivity contribution < 1.29 is 19.0 Å². The highest BCUT2D eigenvalue weighted by molar-refractivity contribution is 14.1. The molecule has 4 rings (SSSR count). The number of carbonyl (C=O) groups is 1. The highest BCUT2D eigenvalue weighted by Crippen LogP contribution is 2.38. The maximum atomic E-state index is 12.5. The van der Waals surface area contributed by atoms with Gasteiger partial charge in [-0.15, -0.1) is 0 Å². The van der Waals surface area contributed by atoms with Gasteiger partial charge in [-0.05, 0) is 121 Å². The Bertz CT molecular complexity index is 1310. The van der Waals surface area contributed by atoms with Crippen molar-refractivity contribution >= 4 is 84.0 Å². The molecule has 0 unspecified atom stereocenters. The van der Waals surface area contributed by atoms with E-state index in [1.165, 1.54) is 0 Å². The first-order valence-electron chi connectivity index (χ1n) is 10.2. The first-order chi connectivity index (χ1) is 16.3. The van der Waals surface area contributed by atoms with E-state index in [0.717, 1.165) is 19.2 Å². The summed E-state index contributed by atoms with van der Waals surface area (Å²) in [6.07, 6.45) is 1.66. The number of hydrogen-bond acceptors (Lipinski definition) is 5. The molecule has 0 bridgehead atoms. The molecule has 0 amide bonds. The molecular formula is C25H17Br2ClINO4. The van der Waals surface area contributed by atoms with Crippen LogP contribution in [0.4, 0.5) is 0 Å². The number of carbonyl (C=O) groups excluding carboxylic acids is 1. The van der Waals surface area contributed by atoms with E-state index in [1.807, 2.05) is 55.5 Å². The molecule has 0 saturated carbocycles. The molecule has 0 radical (unpaired) electrons. The zero-order valence-electron chi connectivity index (χ0n) is 17.8. The number of hydrogen-bond donors (Lipinski definition) is 0. The highest BCUT2D eigenvalue weighted by Gasteiger charge is 2.25. The third-order valence-corrected chi connectivity index (χ3v) is 7.90. The lowest BCUT2D eigenvalue weighted by molar-refractivity contribution is -0.129. The number of aliphatic imine (C=N–C) groups is 1. The van der Waals surface area contributed by atoms with Gasteiger partial charge in [-0.2, -0.15) is 0 Å². The van der Waals surface area contributed by atoms with Gasteiger partial charge in [0.25, 0.3) is 0 Å². The number of ether oxygens (including phenoxy) is 3. The Balaban J connectivity index is 1.61. The molecule has 5 nitrogen and oxygen atoms in total. The predicted octanol–water partition coefficient (Wildman–Crippen LogP) is 7.79. The summed E-state index contributed by atoms with van der Waals surface area (Å²) in [7, 11) is 0. The third-order valence-electron chi connectivity index (χ3n) is 4.72. The smallest absolute Gasteiger partial charge is 0.363 e. The van der Waals surface area contributed by atoms with Crippen molar-refractivity contribution in [3.8, 4) is 11.5 Å². The van der Waals surface area contributed by atoms with Crippen molar-refractivity contribution in [2.45, 2.75) is 13.5 Å². The van der Waals surface area contributed by atoms with Crippen LogP contribution in [-0.2, 0) is 16.1 Å². The molecule has 9 heteroatoms. The van der Waals surface area contributed by atoms with E-state index in [2.05, 4.69) is 59.4 Å². The highest BCUT2D eigenvalue weighted by atomic mass is 127. The monoisotopic (exact) mass is 715 g/mol. The molecule has 3 aromatic rings. The molecule has 0 fully saturated rings. The third kappa shape index (κ3) is 6.02. The van der Waals surface area contributed by atoms with E-state index in [-0.39, 0.29) is 11.6 Å². The van der Waals surface area contributed by atoms with Crippen LogP contribution < -0.4 is 9.47 Å². The van der Waals surface area contributed by atoms with Crippen LogP contribution in [0.3, 0.4) is 0 Å². The van der Waals surface area contributed by atoms with Gasteiger partial charge in [0.05, 0.1) is 11.1 Å². The first kappa shape index (κ1) is 25.2. The molecule has 0 N–H and O–H groups in total. The summed E-state index contributed by atoms with van der Waals surface area (Å²) in [6.45, 7) is 2.70. The molecule has 0 aliphatic carbocycles. The quantitative estimate of drug-likeness (QED) is 0.142. The van der Waals surface area contributed by atoms with Crippen LogP contribution in [0.15, 0.2) is 74.2 Å². The lowest BCUT2D eigenvalue weighted by Gasteiger charge is -2.15. The molecule has 1 aliphatic heterocycles. The summed E-state index contributed by atoms with van der Waals surface area (Å²) in [5, 5.41) is 0.670. The van der Waals surface area contributed by atoms with Crippen LogP contribution in [0, 0.1) is 3.57 Å². The van der Waals surface area contributed by atoms with Crippen molar-refractivity contribution in [1.29, 1.82) is 0 Å². The van der Waals surface area contributed by atoms with Crippen LogP contribution in [0.1, 0.15) is 23.6 Å². The van der Waals surface area contributed by atoms with Gasteiger partial charge in [-0.3, -0.25) is 0 Å². The van der Waals surface area contributed by atoms with Gasteiger partial charge < -0.3 is 14.2 Å². The molecule has 0 atom stereocenters. The summed E-state index contributed by atoms with van der Waals surface area (Å²) < 4.78 is 19.9. The van der Waals surface area contributed by atoms with Crippen LogP contribution in [0.5, 0.6) is 11.5 Å². The maximum Gasteiger partial charge on any atom is 0.363 e. The normalized spacial score (nSPS) is 14.2. The summed E-state index contributed by atoms with van der Waals surface area (Å²) in [5.41, 5.74) is 2.61. The summed E-state index contributed by atoms with van der Waals surface area (Å²) in [4.78, 5) is 16.9. The molecule has 34 heavy (non-hydrogen) atoms. The minimum absolute atomic E-state index is 0.203. The lowest BCUT2D eigenvalue weighted by atomic mass is 10.1. The second-order valence-corrected chi connectivity index (χ2v) is 10.5. The summed E-state index contributed by atoms with van der Waals surface area (Å²) in [5.74, 6) is 0.873. The number of benzene rings is 3. The maximum absolute atomic E-state index is 12.5. The van der Waals surface area contributed by atoms with Gasteiger partial charge in [-0.1, -0.05) is 23.7 Å². The van der Waals surface area contributed by atoms with E-state index < -0.39 is 5.97 Å². The fourth-order valence-electron chi connectivity index (χ4n) is 3.13. The molecular weight excluding hydrogens is 700 g/mol. The number of halogens is 4. The van der Waals surface area contributed by atoms with Crippen molar-refractivity contribution in [2.75, 3.05) is 6.61 Å². The first-order valence-corrected chi connectivity index (χ1v) is 13.2. The molecule has 1 aliphatic rings. The minimum atomic E-state index is -0.512. The Morgan fingerprint density at radius 2 is 1.82 bits per heavy atom. The van der Waals surface area contributed by atoms with Crippen LogP contribution >= 0.6 is 66.1 Å². The Kier molecular flexibility index (Phi) is 8.34. The van der Waals surface area contributed by atoms with Gasteiger partial charge in [0, 0.05) is 18.6 Å². The van der Waals surface area contributed by atoms with E-state index in [0.29, 0.717) is 39.8 Å². The topological polar surface area (TPSA) is 57.1 Å². The average Bonchev–Trinajstić information content (AvgIpc) is 3.16. The fourth-order valence-corrected chi connectivity index (χ4v) is 4.54. The van der Waals surface area contributed by atoms with Gasteiger partial charge in [0.2, 0.25) is 5.90 Å². The molecule has 174 valence electrons. The standard InChI is InChI=1S/C25H17Br2ClINO4/c1-2-32-22-11-15(9-19(27)23(22)33-13-14-3-6-17(28)7-4-14)10-21-25(31)34-24(30-21)16-5-8-20(29)18(26)12-16/h3-12H,2,13H2,1H3/b21-10-. The minimum Gasteiger partial charge on any atom is -0.490 e. The Morgan fingerprint density at radius 3 is 2.53 bits per heavy atom. The molecule has 3 aromatic carbocycles. The van der Waals surface area contributed by atoms with Crippen molar-refractivity contribution in [3.63, 3.8) is 0 Å². The fraction of sp³-hybridized carbons (Fsp3) is 0.120. The van der Waals surface area contributed by atoms with Gasteiger partial charge in [-0.25, -0.2) is 9.79 Å². The summed E-state index contributed by atoms with van der Waals surface area (Å²) in [6, 6.07) is 16.7. The van der Waals surface area contributed by atoms with Crippen LogP contribution in [0.25, 0.3) is 6.08 Å². The number of cyclic esters (lactones) is 1. The van der Waals surface area contributed by atoms with Crippen LogP contribution in [0.2, 0.25) is 5.02 Å². The van der Waals surface area contributed by atoms with E-state index in [1.54, 1.807) is 12.1 Å². The van der Waals surface area contributed by atoms with E-state index in [9.17, 15) is 4.79 Å². The van der Waals surface area contributed by atoms with Gasteiger partial charge in [0.15, 0.2) is 17.2 Å². The molecule has 0 saturated heterocycles. The van der Waals surface area contributed by atoms with Crippen LogP contribution in [-0.4, -0.2) is 18.5 Å². The van der Waals surface area contributed by atoms with Gasteiger partial charge in [0.1, 0.15) is 6.61 Å². The predicted molar refractivity (Wildman–Crippen MR) is 149 cm³/mol. The number of rotatable bonds is 7. The van der Waals surface area contributed by atoms with Crippen molar-refractivity contribution in [2.24, 2.45) is 4.99 Å². The van der Waals surface area contributed by atoms with Crippen molar-refractivity contribution in [3.05, 3.63) is 94.5 Å². The van der Waals surface area contributed by atoms with Gasteiger partial charge >= 0.3 is 5.97 Å². The molecule has 0 spiro atoms. The lowest BCUT2D eigenvalue weighted by Crippen LogP contribution is -2.05. The zero-order chi connectivity index (χ0) is 24.2. The molecule has 1 heterocycles. The number of esters is 1. The summed E-state index contributed by atoms with van der Waals surface area (Å²) >= 11 is 15.2. The van der Waals surface area contributed by atoms with Crippen molar-refractivity contribution in [1.82, 2.24) is 0 Å². The average molecular weight is 718 g/mol. The van der Waals surface area contributed by atoms with E-state index in [4.69, 9.17) is 25.8 Å². The Hall–Kier alpha value is -1.88. The largest absolute Gasteiger partial charge is 0.490 e. The second-order valence-electron chi connectivity index (χ2n) is 7.14. The van der Waals surface area contributed by atoms with E-state index >= 15 is 0 Å². The SMILES string of the molecule is CCOc1cc(/C=C2\N=C(c3ccc(I)c(Br)c3)OC2=O)cc(Br)c1OCc1ccc(Cl)cc1. The Labute approximate surface area is 232 Å². The molecule has 0 aromatic heterocycles. The second kappa shape index (κ2) is 11.2.